The van der Waals surface area contributed by atoms with Crippen molar-refractivity contribution in [2.24, 2.45) is 17.8 Å². The smallest absolute Gasteiger partial charge is 0.344 e. The van der Waals surface area contributed by atoms with Crippen molar-refractivity contribution in [3.8, 4) is 0 Å². The van der Waals surface area contributed by atoms with E-state index in [-0.39, 0.29) is 24.5 Å². The van der Waals surface area contributed by atoms with Crippen LogP contribution in [0.25, 0.3) is 0 Å². The van der Waals surface area contributed by atoms with Crippen LogP contribution in [0.3, 0.4) is 0 Å². The van der Waals surface area contributed by atoms with Gasteiger partial charge in [0.15, 0.2) is 5.78 Å². The minimum Gasteiger partial charge on any atom is -0.344 e. The van der Waals surface area contributed by atoms with Gasteiger partial charge in [0.2, 0.25) is 11.8 Å². The molecule has 2 atom stereocenters. The summed E-state index contributed by atoms with van der Waals surface area (Å²) in [4.78, 5) is 39.1. The van der Waals surface area contributed by atoms with E-state index in [2.05, 4.69) is 13.8 Å². The molecule has 2 aliphatic rings. The van der Waals surface area contributed by atoms with Gasteiger partial charge in [0, 0.05) is 24.6 Å². The van der Waals surface area contributed by atoms with E-state index in [0.717, 1.165) is 6.42 Å². The SMILES string of the molecule is CC(C)Cc1ccc(C(=O)C2CCN(C(=O)C3CCC(C(F)(F)F)NC3=O)CC2)cc1. The number of hydrogen-bond acceptors (Lipinski definition) is 3. The molecule has 0 saturated carbocycles. The third kappa shape index (κ3) is 5.66. The van der Waals surface area contributed by atoms with E-state index in [1.54, 1.807) is 0 Å². The molecular formula is C23H29F3N2O3. The number of benzene rings is 1. The van der Waals surface area contributed by atoms with Gasteiger partial charge in [-0.1, -0.05) is 38.1 Å². The van der Waals surface area contributed by atoms with Crippen LogP contribution < -0.4 is 5.32 Å². The van der Waals surface area contributed by atoms with Crippen molar-refractivity contribution in [2.45, 2.75) is 58.2 Å². The first-order valence-electron chi connectivity index (χ1n) is 10.8. The van der Waals surface area contributed by atoms with Crippen molar-refractivity contribution in [3.63, 3.8) is 0 Å². The zero-order chi connectivity index (χ0) is 22.8. The molecule has 8 heteroatoms. The number of hydrogen-bond donors (Lipinski definition) is 1. The number of halogens is 3. The quantitative estimate of drug-likeness (QED) is 0.562. The minimum absolute atomic E-state index is 0.0478. The molecule has 1 aromatic carbocycles. The molecule has 5 nitrogen and oxygen atoms in total. The number of likely N-dealkylation sites (tertiary alicyclic amines) is 1. The first kappa shape index (κ1) is 23.3. The summed E-state index contributed by atoms with van der Waals surface area (Å²) in [6.07, 6.45) is -3.00. The van der Waals surface area contributed by atoms with Gasteiger partial charge in [-0.25, -0.2) is 0 Å². The van der Waals surface area contributed by atoms with E-state index in [0.29, 0.717) is 37.4 Å². The van der Waals surface area contributed by atoms with E-state index in [4.69, 9.17) is 0 Å². The molecule has 2 amide bonds. The topological polar surface area (TPSA) is 66.5 Å². The predicted octanol–water partition coefficient (Wildman–Crippen LogP) is 3.76. The number of carbonyl (C=O) groups is 3. The molecule has 0 radical (unpaired) electrons. The summed E-state index contributed by atoms with van der Waals surface area (Å²) in [7, 11) is 0. The molecule has 2 heterocycles. The number of carbonyl (C=O) groups excluding carboxylic acids is 3. The van der Waals surface area contributed by atoms with Crippen LogP contribution in [0.4, 0.5) is 13.2 Å². The number of amides is 2. The Morgan fingerprint density at radius 2 is 1.68 bits per heavy atom. The normalized spacial score (nSPS) is 23.0. The Morgan fingerprint density at radius 3 is 2.19 bits per heavy atom. The van der Waals surface area contributed by atoms with Gasteiger partial charge in [0.05, 0.1) is 0 Å². The lowest BCUT2D eigenvalue weighted by Gasteiger charge is -2.36. The van der Waals surface area contributed by atoms with E-state index in [1.807, 2.05) is 29.6 Å². The van der Waals surface area contributed by atoms with Crippen LogP contribution in [0.15, 0.2) is 24.3 Å². The largest absolute Gasteiger partial charge is 0.408 e. The highest BCUT2D eigenvalue weighted by Crippen LogP contribution is 2.30. The fourth-order valence-corrected chi connectivity index (χ4v) is 4.38. The fourth-order valence-electron chi connectivity index (χ4n) is 4.38. The first-order chi connectivity index (χ1) is 14.6. The van der Waals surface area contributed by atoms with Crippen LogP contribution in [0.5, 0.6) is 0 Å². The third-order valence-electron chi connectivity index (χ3n) is 6.13. The molecule has 2 unspecified atom stereocenters. The van der Waals surface area contributed by atoms with Crippen LogP contribution in [-0.2, 0) is 16.0 Å². The summed E-state index contributed by atoms with van der Waals surface area (Å²) in [5.74, 6) is -2.00. The van der Waals surface area contributed by atoms with Crippen molar-refractivity contribution in [1.29, 1.82) is 0 Å². The maximum Gasteiger partial charge on any atom is 0.408 e. The number of ketones is 1. The Kier molecular flexibility index (Phi) is 7.06. The Hall–Kier alpha value is -2.38. The van der Waals surface area contributed by atoms with Crippen LogP contribution in [0.1, 0.15) is 55.5 Å². The summed E-state index contributed by atoms with van der Waals surface area (Å²) in [6, 6.07) is 5.75. The molecule has 0 spiro atoms. The zero-order valence-corrected chi connectivity index (χ0v) is 17.9. The fraction of sp³-hybridized carbons (Fsp3) is 0.609. The number of rotatable bonds is 5. The molecule has 1 N–H and O–H groups in total. The number of alkyl halides is 3. The monoisotopic (exact) mass is 438 g/mol. The second-order valence-electron chi connectivity index (χ2n) is 8.99. The highest BCUT2D eigenvalue weighted by atomic mass is 19.4. The van der Waals surface area contributed by atoms with Gasteiger partial charge in [-0.2, -0.15) is 13.2 Å². The summed E-state index contributed by atoms with van der Waals surface area (Å²) in [6.45, 7) is 4.93. The van der Waals surface area contributed by atoms with Gasteiger partial charge in [-0.05, 0) is 43.6 Å². The highest BCUT2D eigenvalue weighted by molar-refractivity contribution is 6.01. The molecule has 2 saturated heterocycles. The second kappa shape index (κ2) is 9.40. The molecule has 1 aromatic rings. The Labute approximate surface area is 180 Å². The van der Waals surface area contributed by atoms with Crippen molar-refractivity contribution < 1.29 is 27.6 Å². The maximum absolute atomic E-state index is 12.8. The average Bonchev–Trinajstić information content (AvgIpc) is 2.72. The average molecular weight is 438 g/mol. The molecule has 3 rings (SSSR count). The van der Waals surface area contributed by atoms with E-state index < -0.39 is 30.0 Å². The Bertz CT molecular complexity index is 812. The summed E-state index contributed by atoms with van der Waals surface area (Å²) in [5, 5.41) is 1.93. The first-order valence-corrected chi connectivity index (χ1v) is 10.8. The van der Waals surface area contributed by atoms with Crippen molar-refractivity contribution in [3.05, 3.63) is 35.4 Å². The van der Waals surface area contributed by atoms with Gasteiger partial charge in [0.1, 0.15) is 12.0 Å². The highest BCUT2D eigenvalue weighted by Gasteiger charge is 2.46. The lowest BCUT2D eigenvalue weighted by molar-refractivity contribution is -0.172. The van der Waals surface area contributed by atoms with Gasteiger partial charge in [-0.3, -0.25) is 14.4 Å². The predicted molar refractivity (Wildman–Crippen MR) is 109 cm³/mol. The van der Waals surface area contributed by atoms with Crippen LogP contribution in [0, 0.1) is 17.8 Å². The molecule has 2 fully saturated rings. The van der Waals surface area contributed by atoms with Gasteiger partial charge in [0.25, 0.3) is 0 Å². The van der Waals surface area contributed by atoms with Crippen molar-refractivity contribution in [1.82, 2.24) is 10.2 Å². The lowest BCUT2D eigenvalue weighted by Crippen LogP contribution is -2.55. The third-order valence-corrected chi connectivity index (χ3v) is 6.13. The van der Waals surface area contributed by atoms with Crippen molar-refractivity contribution in [2.75, 3.05) is 13.1 Å². The summed E-state index contributed by atoms with van der Waals surface area (Å²) in [5.41, 5.74) is 1.84. The Balaban J connectivity index is 1.53. The number of nitrogens with zero attached hydrogens (tertiary/aromatic N) is 1. The summed E-state index contributed by atoms with van der Waals surface area (Å²) >= 11 is 0. The molecule has 31 heavy (non-hydrogen) atoms. The number of Topliss-reactive ketones (excluding diaryl/α,β-unsaturated/α-hetero) is 1. The standard InChI is InChI=1S/C23H29F3N2O3/c1-14(2)13-15-3-5-16(6-4-15)20(29)17-9-11-28(12-10-17)22(31)18-7-8-19(23(24,25)26)27-21(18)30/h3-6,14,17-19H,7-13H2,1-2H3,(H,27,30). The second-order valence-corrected chi connectivity index (χ2v) is 8.99. The molecular weight excluding hydrogens is 409 g/mol. The van der Waals surface area contributed by atoms with E-state index >= 15 is 0 Å². The molecule has 0 aromatic heterocycles. The number of nitrogens with one attached hydrogen (secondary N) is 1. The number of piperidine rings is 2. The molecule has 170 valence electrons. The van der Waals surface area contributed by atoms with E-state index in [1.165, 1.54) is 10.5 Å². The minimum atomic E-state index is -4.50. The molecule has 0 bridgehead atoms. The van der Waals surface area contributed by atoms with Gasteiger partial charge >= 0.3 is 6.18 Å². The maximum atomic E-state index is 12.8. The van der Waals surface area contributed by atoms with Crippen molar-refractivity contribution >= 4 is 17.6 Å². The van der Waals surface area contributed by atoms with E-state index in [9.17, 15) is 27.6 Å². The van der Waals surface area contributed by atoms with Crippen LogP contribution in [-0.4, -0.2) is 47.8 Å². The van der Waals surface area contributed by atoms with Crippen LogP contribution in [0.2, 0.25) is 0 Å². The summed E-state index contributed by atoms with van der Waals surface area (Å²) < 4.78 is 38.4. The molecule has 2 aliphatic heterocycles. The van der Waals surface area contributed by atoms with Gasteiger partial charge in [-0.15, -0.1) is 0 Å². The Morgan fingerprint density at radius 1 is 1.06 bits per heavy atom. The molecule has 0 aliphatic carbocycles. The van der Waals surface area contributed by atoms with Gasteiger partial charge < -0.3 is 10.2 Å². The van der Waals surface area contributed by atoms with Crippen LogP contribution >= 0.6 is 0 Å². The lowest BCUT2D eigenvalue weighted by atomic mass is 9.87. The zero-order valence-electron chi connectivity index (χ0n) is 17.9.